The topological polar surface area (TPSA) is 43.6 Å². The molecule has 5 rings (SSSR count). The molecule has 0 radical (unpaired) electrons. The van der Waals surface area contributed by atoms with E-state index in [0.717, 1.165) is 40.5 Å². The van der Waals surface area contributed by atoms with E-state index in [0.29, 0.717) is 0 Å². The summed E-state index contributed by atoms with van der Waals surface area (Å²) in [5.41, 5.74) is 7.09. The van der Waals surface area contributed by atoms with Crippen LogP contribution in [0.1, 0.15) is 24.1 Å². The van der Waals surface area contributed by atoms with Crippen LogP contribution in [0.15, 0.2) is 49.1 Å². The first-order valence-corrected chi connectivity index (χ1v) is 8.09. The highest BCUT2D eigenvalue weighted by Gasteiger charge is 2.22. The molecule has 0 N–H and O–H groups in total. The van der Waals surface area contributed by atoms with Crippen LogP contribution >= 0.6 is 0 Å². The molecule has 4 nitrogen and oxygen atoms in total. The Kier molecular flexibility index (Phi) is 2.71. The number of benzene rings is 1. The Morgan fingerprint density at radius 3 is 2.87 bits per heavy atom. The lowest BCUT2D eigenvalue weighted by Gasteiger charge is -2.15. The molecule has 0 saturated heterocycles. The van der Waals surface area contributed by atoms with Gasteiger partial charge in [-0.2, -0.15) is 0 Å². The summed E-state index contributed by atoms with van der Waals surface area (Å²) >= 11 is 0. The zero-order valence-electron chi connectivity index (χ0n) is 12.7. The van der Waals surface area contributed by atoms with Crippen LogP contribution < -0.4 is 0 Å². The molecule has 0 saturated carbocycles. The number of hydrogen-bond acceptors (Lipinski definition) is 3. The third kappa shape index (κ3) is 1.88. The van der Waals surface area contributed by atoms with E-state index < -0.39 is 0 Å². The summed E-state index contributed by atoms with van der Waals surface area (Å²) in [6.45, 7) is 0. The van der Waals surface area contributed by atoms with E-state index in [1.165, 1.54) is 24.1 Å². The van der Waals surface area contributed by atoms with Gasteiger partial charge in [0.1, 0.15) is 6.33 Å². The number of aromatic nitrogens is 4. The molecule has 23 heavy (non-hydrogen) atoms. The summed E-state index contributed by atoms with van der Waals surface area (Å²) < 4.78 is 2.31. The lowest BCUT2D eigenvalue weighted by atomic mass is 9.97. The lowest BCUT2D eigenvalue weighted by molar-refractivity contribution is 0.666. The fourth-order valence-corrected chi connectivity index (χ4v) is 3.73. The summed E-state index contributed by atoms with van der Waals surface area (Å²) in [6.07, 6.45) is 10.2. The van der Waals surface area contributed by atoms with Crippen LogP contribution in [0, 0.1) is 0 Å². The minimum atomic E-state index is 1.03. The summed E-state index contributed by atoms with van der Waals surface area (Å²) in [6, 6.07) is 10.4. The Balaban J connectivity index is 1.84. The number of para-hydroxylation sites is 1. The van der Waals surface area contributed by atoms with Gasteiger partial charge in [-0.15, -0.1) is 0 Å². The van der Waals surface area contributed by atoms with Crippen molar-refractivity contribution in [1.82, 2.24) is 19.5 Å². The molecule has 4 heteroatoms. The third-order valence-electron chi connectivity index (χ3n) is 4.76. The fraction of sp³-hybridized carbons (Fsp3) is 0.211. The zero-order chi connectivity index (χ0) is 15.2. The zero-order valence-corrected chi connectivity index (χ0v) is 12.7. The predicted molar refractivity (Wildman–Crippen MR) is 90.8 cm³/mol. The Labute approximate surface area is 133 Å². The second-order valence-corrected chi connectivity index (χ2v) is 6.11. The van der Waals surface area contributed by atoms with Crippen LogP contribution in [0.3, 0.4) is 0 Å². The molecule has 0 aliphatic heterocycles. The Morgan fingerprint density at radius 1 is 0.957 bits per heavy atom. The van der Waals surface area contributed by atoms with Gasteiger partial charge >= 0.3 is 0 Å². The summed E-state index contributed by atoms with van der Waals surface area (Å²) in [5, 5.41) is 1.16. The quantitative estimate of drug-likeness (QED) is 0.536. The van der Waals surface area contributed by atoms with Gasteiger partial charge in [0.25, 0.3) is 0 Å². The molecule has 4 aromatic rings. The van der Waals surface area contributed by atoms with Crippen LogP contribution in [0.4, 0.5) is 0 Å². The maximum absolute atomic E-state index is 4.63. The van der Waals surface area contributed by atoms with E-state index in [9.17, 15) is 0 Å². The summed E-state index contributed by atoms with van der Waals surface area (Å²) in [7, 11) is 0. The smallest absolute Gasteiger partial charge is 0.116 e. The molecule has 0 fully saturated rings. The van der Waals surface area contributed by atoms with Gasteiger partial charge in [0, 0.05) is 11.1 Å². The minimum absolute atomic E-state index is 1.03. The number of hydrogen-bond donors (Lipinski definition) is 0. The molecule has 0 amide bonds. The van der Waals surface area contributed by atoms with E-state index in [1.807, 2.05) is 24.5 Å². The fourth-order valence-electron chi connectivity index (χ4n) is 3.73. The number of rotatable bonds is 1. The van der Waals surface area contributed by atoms with Crippen molar-refractivity contribution in [2.45, 2.75) is 25.7 Å². The Morgan fingerprint density at radius 2 is 1.87 bits per heavy atom. The van der Waals surface area contributed by atoms with Gasteiger partial charge in [-0.1, -0.05) is 18.2 Å². The van der Waals surface area contributed by atoms with E-state index >= 15 is 0 Å². The molecule has 0 unspecified atom stereocenters. The number of pyridine rings is 1. The molecule has 0 spiro atoms. The minimum Gasteiger partial charge on any atom is -0.309 e. The molecule has 3 heterocycles. The molecule has 1 aliphatic rings. The largest absolute Gasteiger partial charge is 0.309 e. The Bertz CT molecular complexity index is 1030. The van der Waals surface area contributed by atoms with Crippen LogP contribution in [0.25, 0.3) is 27.6 Å². The highest BCUT2D eigenvalue weighted by atomic mass is 15.0. The van der Waals surface area contributed by atoms with Crippen molar-refractivity contribution < 1.29 is 0 Å². The number of nitrogens with zero attached hydrogens (tertiary/aromatic N) is 4. The number of aryl methyl sites for hydroxylation is 1. The predicted octanol–water partition coefficient (Wildman–Crippen LogP) is 3.85. The van der Waals surface area contributed by atoms with Gasteiger partial charge in [0.05, 0.1) is 34.6 Å². The average Bonchev–Trinajstić information content (AvgIpc) is 2.96. The van der Waals surface area contributed by atoms with E-state index in [2.05, 4.69) is 37.7 Å². The summed E-state index contributed by atoms with van der Waals surface area (Å²) in [5.74, 6) is 0. The van der Waals surface area contributed by atoms with Crippen LogP contribution in [0.2, 0.25) is 0 Å². The van der Waals surface area contributed by atoms with Crippen molar-refractivity contribution in [1.29, 1.82) is 0 Å². The van der Waals surface area contributed by atoms with Crippen molar-refractivity contribution >= 4 is 21.9 Å². The first-order chi connectivity index (χ1) is 11.4. The third-order valence-corrected chi connectivity index (χ3v) is 4.76. The van der Waals surface area contributed by atoms with E-state index in [4.69, 9.17) is 0 Å². The summed E-state index contributed by atoms with van der Waals surface area (Å²) in [4.78, 5) is 13.4. The van der Waals surface area contributed by atoms with Gasteiger partial charge in [-0.05, 0) is 43.4 Å². The molecule has 1 aliphatic carbocycles. The SMILES string of the molecule is c1ccc2ncc(-n3c4c(c5ncncc53)CCCC4)cc2c1. The van der Waals surface area contributed by atoms with Crippen molar-refractivity contribution in [3.8, 4) is 5.69 Å². The van der Waals surface area contributed by atoms with Gasteiger partial charge < -0.3 is 4.57 Å². The highest BCUT2D eigenvalue weighted by Crippen LogP contribution is 2.33. The second kappa shape index (κ2) is 4.88. The molecular formula is C19H16N4. The maximum Gasteiger partial charge on any atom is 0.116 e. The van der Waals surface area contributed by atoms with E-state index in [1.54, 1.807) is 6.33 Å². The lowest BCUT2D eigenvalue weighted by Crippen LogP contribution is -2.07. The molecule has 1 aromatic carbocycles. The molecule has 112 valence electrons. The van der Waals surface area contributed by atoms with Crippen molar-refractivity contribution in [2.24, 2.45) is 0 Å². The maximum atomic E-state index is 4.63. The van der Waals surface area contributed by atoms with Crippen LogP contribution in [0.5, 0.6) is 0 Å². The van der Waals surface area contributed by atoms with Crippen molar-refractivity contribution in [2.75, 3.05) is 0 Å². The van der Waals surface area contributed by atoms with Crippen LogP contribution in [-0.2, 0) is 12.8 Å². The second-order valence-electron chi connectivity index (χ2n) is 6.11. The van der Waals surface area contributed by atoms with Gasteiger partial charge in [0.2, 0.25) is 0 Å². The van der Waals surface area contributed by atoms with E-state index in [-0.39, 0.29) is 0 Å². The number of fused-ring (bicyclic) bond motifs is 4. The van der Waals surface area contributed by atoms with Crippen molar-refractivity contribution in [3.63, 3.8) is 0 Å². The Hall–Kier alpha value is -2.75. The standard InChI is InChI=1S/C19H16N4/c1-3-7-16-13(5-1)9-14(10-21-16)23-17-8-4-2-6-15(17)19-18(23)11-20-12-22-19/h1,3,5,7,9-12H,2,4,6,8H2. The van der Waals surface area contributed by atoms with Gasteiger partial charge in [0.15, 0.2) is 0 Å². The van der Waals surface area contributed by atoms with Gasteiger partial charge in [-0.25, -0.2) is 9.97 Å². The first-order valence-electron chi connectivity index (χ1n) is 8.09. The normalized spacial score (nSPS) is 14.3. The molecule has 3 aromatic heterocycles. The first kappa shape index (κ1) is 12.8. The monoisotopic (exact) mass is 300 g/mol. The molecular weight excluding hydrogens is 284 g/mol. The average molecular weight is 300 g/mol. The van der Waals surface area contributed by atoms with Crippen LogP contribution in [-0.4, -0.2) is 19.5 Å². The van der Waals surface area contributed by atoms with Crippen molar-refractivity contribution in [3.05, 3.63) is 60.3 Å². The molecule has 0 atom stereocenters. The van der Waals surface area contributed by atoms with Gasteiger partial charge in [-0.3, -0.25) is 4.98 Å². The highest BCUT2D eigenvalue weighted by molar-refractivity contribution is 5.85. The molecule has 0 bridgehead atoms.